The van der Waals surface area contributed by atoms with Gasteiger partial charge in [0.15, 0.2) is 0 Å². The van der Waals surface area contributed by atoms with Crippen LogP contribution in [0.3, 0.4) is 0 Å². The molecule has 0 spiro atoms. The van der Waals surface area contributed by atoms with Crippen LogP contribution >= 0.6 is 0 Å². The van der Waals surface area contributed by atoms with Gasteiger partial charge in [-0.1, -0.05) is 0 Å². The molecule has 0 radical (unpaired) electrons. The predicted molar refractivity (Wildman–Crippen MR) is 104 cm³/mol. The normalized spacial score (nSPS) is 17.0. The van der Waals surface area contributed by atoms with E-state index in [0.29, 0.717) is 19.5 Å². The van der Waals surface area contributed by atoms with Crippen LogP contribution in [0.25, 0.3) is 0 Å². The van der Waals surface area contributed by atoms with Crippen molar-refractivity contribution in [3.05, 3.63) is 67.0 Å². The fourth-order valence-electron chi connectivity index (χ4n) is 3.33. The lowest BCUT2D eigenvalue weighted by molar-refractivity contribution is -0.384. The maximum Gasteiger partial charge on any atom is 0.330 e. The highest BCUT2D eigenvalue weighted by Crippen LogP contribution is 2.24. The van der Waals surface area contributed by atoms with E-state index in [1.807, 2.05) is 0 Å². The fraction of sp³-hybridized carbons (Fsp3) is 0.412. The summed E-state index contributed by atoms with van der Waals surface area (Å²) in [6, 6.07) is 4.23. The predicted octanol–water partition coefficient (Wildman–Crippen LogP) is -0.455. The Labute approximate surface area is 166 Å². The van der Waals surface area contributed by atoms with Gasteiger partial charge in [-0.2, -0.15) is 4.31 Å². The number of nitro benzene ring substituents is 1. The molecule has 3 rings (SSSR count). The number of nitrogens with zero attached hydrogens (tertiary/aromatic N) is 4. The van der Waals surface area contributed by atoms with E-state index in [4.69, 9.17) is 0 Å². The van der Waals surface area contributed by atoms with Crippen LogP contribution < -0.4 is 16.6 Å². The summed E-state index contributed by atoms with van der Waals surface area (Å²) in [7, 11) is -1.23. The molecule has 1 unspecified atom stereocenters. The van der Waals surface area contributed by atoms with Gasteiger partial charge < -0.3 is 9.88 Å². The zero-order valence-corrected chi connectivity index (χ0v) is 16.8. The van der Waals surface area contributed by atoms with Gasteiger partial charge in [0.05, 0.1) is 9.82 Å². The van der Waals surface area contributed by atoms with Crippen LogP contribution in [0.2, 0.25) is 0 Å². The lowest BCUT2D eigenvalue weighted by Crippen LogP contribution is -2.44. The number of hydrogen-bond donors (Lipinski definition) is 1. The first-order chi connectivity index (χ1) is 13.6. The summed E-state index contributed by atoms with van der Waals surface area (Å²) in [5, 5.41) is 13.9. The number of nitrogens with one attached hydrogen (secondary N) is 1. The van der Waals surface area contributed by atoms with E-state index >= 15 is 0 Å². The van der Waals surface area contributed by atoms with Crippen LogP contribution in [0.4, 0.5) is 5.69 Å². The second kappa shape index (κ2) is 7.89. The second-order valence-corrected chi connectivity index (χ2v) is 8.75. The third-order valence-corrected chi connectivity index (χ3v) is 6.85. The number of nitro groups is 1. The Morgan fingerprint density at radius 3 is 2.45 bits per heavy atom. The van der Waals surface area contributed by atoms with Crippen molar-refractivity contribution in [2.45, 2.75) is 23.9 Å². The quantitative estimate of drug-likeness (QED) is 0.490. The van der Waals surface area contributed by atoms with Crippen LogP contribution in [0.1, 0.15) is 12.0 Å². The highest BCUT2D eigenvalue weighted by Gasteiger charge is 2.34. The van der Waals surface area contributed by atoms with E-state index in [9.17, 15) is 28.1 Å². The Morgan fingerprint density at radius 1 is 1.24 bits per heavy atom. The largest absolute Gasteiger partial charge is 0.330 e. The number of aromatic nitrogens is 2. The van der Waals surface area contributed by atoms with E-state index in [0.717, 1.165) is 16.7 Å². The first-order valence-electron chi connectivity index (χ1n) is 8.85. The van der Waals surface area contributed by atoms with E-state index in [1.54, 1.807) is 0 Å². The number of sulfonamides is 1. The summed E-state index contributed by atoms with van der Waals surface area (Å²) in [5.41, 5.74) is -1.13. The molecular formula is C17H21N5O6S. The molecule has 11 nitrogen and oxygen atoms in total. The molecule has 12 heteroatoms. The van der Waals surface area contributed by atoms with Crippen molar-refractivity contribution in [2.24, 2.45) is 14.1 Å². The van der Waals surface area contributed by atoms with Crippen LogP contribution in [-0.2, 0) is 30.7 Å². The molecule has 1 aromatic heterocycles. The molecule has 1 aromatic carbocycles. The highest BCUT2D eigenvalue weighted by atomic mass is 32.2. The summed E-state index contributed by atoms with van der Waals surface area (Å²) in [4.78, 5) is 34.6. The van der Waals surface area contributed by atoms with Gasteiger partial charge in [-0.25, -0.2) is 13.2 Å². The number of rotatable bonds is 6. The molecule has 2 heterocycles. The molecule has 0 bridgehead atoms. The third-order valence-electron chi connectivity index (χ3n) is 4.94. The number of benzene rings is 1. The molecule has 1 N–H and O–H groups in total. The van der Waals surface area contributed by atoms with Gasteiger partial charge >= 0.3 is 5.69 Å². The van der Waals surface area contributed by atoms with E-state index < -0.39 is 32.2 Å². The Hall–Kier alpha value is -2.83. The lowest BCUT2D eigenvalue weighted by atomic mass is 10.2. The Bertz CT molecular complexity index is 1150. The molecule has 1 saturated heterocycles. The highest BCUT2D eigenvalue weighted by molar-refractivity contribution is 7.89. The summed E-state index contributed by atoms with van der Waals surface area (Å²) in [6.45, 7) is 0.826. The van der Waals surface area contributed by atoms with E-state index in [-0.39, 0.29) is 22.7 Å². The SMILES string of the molecule is Cn1cc(CN(C2CCNC2)S(=O)(=O)c2ccc([N+](=O)[O-])cc2)c(=O)n(C)c1=O. The van der Waals surface area contributed by atoms with Gasteiger partial charge in [-0.3, -0.25) is 19.5 Å². The molecule has 0 amide bonds. The minimum absolute atomic E-state index is 0.100. The summed E-state index contributed by atoms with van der Waals surface area (Å²) >= 11 is 0. The first-order valence-corrected chi connectivity index (χ1v) is 10.3. The Balaban J connectivity index is 2.05. The zero-order chi connectivity index (χ0) is 21.3. The number of aryl methyl sites for hydroxylation is 1. The molecule has 156 valence electrons. The van der Waals surface area contributed by atoms with Crippen LogP contribution in [0.15, 0.2) is 44.9 Å². The zero-order valence-electron chi connectivity index (χ0n) is 15.9. The number of non-ortho nitro benzene ring substituents is 1. The van der Waals surface area contributed by atoms with Crippen molar-refractivity contribution in [3.8, 4) is 0 Å². The second-order valence-electron chi connectivity index (χ2n) is 6.86. The molecule has 1 atom stereocenters. The molecule has 0 aliphatic carbocycles. The third kappa shape index (κ3) is 3.99. The smallest absolute Gasteiger partial charge is 0.315 e. The standard InChI is InChI=1S/C17H21N5O6S/c1-19-10-12(16(23)20(2)17(19)24)11-21(14-7-8-18-9-14)29(27,28)15-5-3-13(4-6-15)22(25)26/h3-6,10,14,18H,7-9,11H2,1-2H3. The average molecular weight is 423 g/mol. The fourth-order valence-corrected chi connectivity index (χ4v) is 4.96. The van der Waals surface area contributed by atoms with Crippen molar-refractivity contribution in [1.82, 2.24) is 18.8 Å². The summed E-state index contributed by atoms with van der Waals surface area (Å²) < 4.78 is 30.0. The summed E-state index contributed by atoms with van der Waals surface area (Å²) in [6.07, 6.45) is 1.89. The molecule has 1 aliphatic heterocycles. The maximum absolute atomic E-state index is 13.3. The van der Waals surface area contributed by atoms with Crippen molar-refractivity contribution in [1.29, 1.82) is 0 Å². The molecular weight excluding hydrogens is 402 g/mol. The van der Waals surface area contributed by atoms with Crippen molar-refractivity contribution in [2.75, 3.05) is 13.1 Å². The monoisotopic (exact) mass is 423 g/mol. The van der Waals surface area contributed by atoms with Gasteiger partial charge in [-0.15, -0.1) is 0 Å². The van der Waals surface area contributed by atoms with Gasteiger partial charge in [-0.05, 0) is 25.1 Å². The van der Waals surface area contributed by atoms with Crippen LogP contribution in [0, 0.1) is 10.1 Å². The minimum Gasteiger partial charge on any atom is -0.315 e. The van der Waals surface area contributed by atoms with Crippen molar-refractivity contribution >= 4 is 15.7 Å². The van der Waals surface area contributed by atoms with Gasteiger partial charge in [0.2, 0.25) is 10.0 Å². The Kier molecular flexibility index (Phi) is 5.68. The van der Waals surface area contributed by atoms with Gasteiger partial charge in [0.25, 0.3) is 11.2 Å². The van der Waals surface area contributed by atoms with Crippen molar-refractivity contribution < 1.29 is 13.3 Å². The topological polar surface area (TPSA) is 137 Å². The number of hydrogen-bond acceptors (Lipinski definition) is 7. The van der Waals surface area contributed by atoms with Gasteiger partial charge in [0.1, 0.15) is 0 Å². The van der Waals surface area contributed by atoms with Crippen LogP contribution in [-0.4, -0.2) is 45.9 Å². The molecule has 1 aliphatic rings. The first kappa shape index (κ1) is 20.9. The van der Waals surface area contributed by atoms with Gasteiger partial charge in [0, 0.05) is 57.1 Å². The van der Waals surface area contributed by atoms with E-state index in [1.165, 1.54) is 41.3 Å². The molecule has 0 saturated carbocycles. The van der Waals surface area contributed by atoms with E-state index in [2.05, 4.69) is 5.32 Å². The Morgan fingerprint density at radius 2 is 1.90 bits per heavy atom. The lowest BCUT2D eigenvalue weighted by Gasteiger charge is -2.27. The maximum atomic E-state index is 13.3. The summed E-state index contributed by atoms with van der Waals surface area (Å²) in [5.74, 6) is 0. The molecule has 29 heavy (non-hydrogen) atoms. The minimum atomic E-state index is -4.04. The van der Waals surface area contributed by atoms with Crippen LogP contribution in [0.5, 0.6) is 0 Å². The molecule has 1 fully saturated rings. The average Bonchev–Trinajstić information content (AvgIpc) is 3.22. The molecule has 2 aromatic rings. The van der Waals surface area contributed by atoms with Crippen molar-refractivity contribution in [3.63, 3.8) is 0 Å².